The number of unbranched alkanes of at least 4 members (excludes halogenated alkanes) is 1. The molecule has 8 heteroatoms. The summed E-state index contributed by atoms with van der Waals surface area (Å²) in [4.78, 5) is 27.7. The van der Waals surface area contributed by atoms with Gasteiger partial charge in [0, 0.05) is 13.1 Å². The van der Waals surface area contributed by atoms with Crippen LogP contribution in [0.15, 0.2) is 48.5 Å². The lowest BCUT2D eigenvalue weighted by Crippen LogP contribution is -2.51. The third-order valence-electron chi connectivity index (χ3n) is 5.44. The molecule has 0 saturated carbocycles. The van der Waals surface area contributed by atoms with Gasteiger partial charge in [-0.15, -0.1) is 0 Å². The number of aryl methyl sites for hydroxylation is 2. The average molecular weight is 474 g/mol. The van der Waals surface area contributed by atoms with Gasteiger partial charge >= 0.3 is 0 Å². The van der Waals surface area contributed by atoms with E-state index in [0.717, 1.165) is 40.1 Å². The van der Waals surface area contributed by atoms with E-state index in [-0.39, 0.29) is 19.0 Å². The first-order valence-electron chi connectivity index (χ1n) is 11.2. The van der Waals surface area contributed by atoms with E-state index >= 15 is 0 Å². The zero-order chi connectivity index (χ0) is 24.6. The normalized spacial score (nSPS) is 12.2. The van der Waals surface area contributed by atoms with Gasteiger partial charge < -0.3 is 10.2 Å². The summed E-state index contributed by atoms with van der Waals surface area (Å²) in [5.74, 6) is -0.703. The Morgan fingerprint density at radius 1 is 1.03 bits per heavy atom. The maximum Gasteiger partial charge on any atom is 0.244 e. The molecule has 0 heterocycles. The van der Waals surface area contributed by atoms with Crippen molar-refractivity contribution in [2.75, 3.05) is 23.7 Å². The first-order valence-corrected chi connectivity index (χ1v) is 13.0. The number of nitrogens with one attached hydrogen (secondary N) is 1. The molecule has 7 nitrogen and oxygen atoms in total. The van der Waals surface area contributed by atoms with Gasteiger partial charge in [-0.25, -0.2) is 8.42 Å². The van der Waals surface area contributed by atoms with Crippen molar-refractivity contribution in [1.82, 2.24) is 10.2 Å². The first kappa shape index (κ1) is 26.4. The molecular formula is C25H35N3O4S. The molecule has 0 aliphatic rings. The summed E-state index contributed by atoms with van der Waals surface area (Å²) in [6.45, 7) is 7.89. The van der Waals surface area contributed by atoms with E-state index < -0.39 is 22.0 Å². The second-order valence-electron chi connectivity index (χ2n) is 8.44. The largest absolute Gasteiger partial charge is 0.354 e. The Kier molecular flexibility index (Phi) is 9.46. The Labute approximate surface area is 197 Å². The molecule has 2 rings (SSSR count). The molecule has 2 aromatic rings. The van der Waals surface area contributed by atoms with E-state index in [1.165, 1.54) is 4.90 Å². The highest BCUT2D eigenvalue weighted by Gasteiger charge is 2.30. The second kappa shape index (κ2) is 11.8. The lowest BCUT2D eigenvalue weighted by Gasteiger charge is -2.31. The number of nitrogens with zero attached hydrogens (tertiary/aromatic N) is 2. The van der Waals surface area contributed by atoms with Crippen molar-refractivity contribution in [3.8, 4) is 0 Å². The van der Waals surface area contributed by atoms with E-state index in [1.807, 2.05) is 51.1 Å². The van der Waals surface area contributed by atoms with Crippen LogP contribution in [0, 0.1) is 13.8 Å². The molecule has 0 aliphatic carbocycles. The summed E-state index contributed by atoms with van der Waals surface area (Å²) >= 11 is 0. The Morgan fingerprint density at radius 3 is 2.27 bits per heavy atom. The van der Waals surface area contributed by atoms with Crippen molar-refractivity contribution >= 4 is 27.5 Å². The van der Waals surface area contributed by atoms with Crippen LogP contribution in [0.4, 0.5) is 5.69 Å². The van der Waals surface area contributed by atoms with Gasteiger partial charge in [-0.2, -0.15) is 0 Å². The van der Waals surface area contributed by atoms with Crippen molar-refractivity contribution in [3.63, 3.8) is 0 Å². The highest BCUT2D eigenvalue weighted by atomic mass is 32.2. The van der Waals surface area contributed by atoms with E-state index in [9.17, 15) is 18.0 Å². The highest BCUT2D eigenvalue weighted by molar-refractivity contribution is 7.92. The number of rotatable bonds is 11. The fraction of sp³-hybridized carbons (Fsp3) is 0.440. The summed E-state index contributed by atoms with van der Waals surface area (Å²) in [5, 5.41) is 2.87. The number of hydrogen-bond donors (Lipinski definition) is 1. The molecule has 33 heavy (non-hydrogen) atoms. The highest BCUT2D eigenvalue weighted by Crippen LogP contribution is 2.20. The van der Waals surface area contributed by atoms with Crippen LogP contribution in [0.3, 0.4) is 0 Å². The molecule has 0 bridgehead atoms. The molecular weight excluding hydrogens is 438 g/mol. The topological polar surface area (TPSA) is 86.8 Å². The van der Waals surface area contributed by atoms with Crippen LogP contribution in [0.1, 0.15) is 43.4 Å². The second-order valence-corrected chi connectivity index (χ2v) is 10.3. The first-order chi connectivity index (χ1) is 15.5. The van der Waals surface area contributed by atoms with Crippen molar-refractivity contribution in [2.45, 2.75) is 53.1 Å². The van der Waals surface area contributed by atoms with Gasteiger partial charge in [0.05, 0.1) is 11.9 Å². The van der Waals surface area contributed by atoms with Crippen LogP contribution in [0.2, 0.25) is 0 Å². The molecule has 0 spiro atoms. The van der Waals surface area contributed by atoms with Gasteiger partial charge in [-0.1, -0.05) is 55.3 Å². The van der Waals surface area contributed by atoms with E-state index in [2.05, 4.69) is 5.32 Å². The van der Waals surface area contributed by atoms with Crippen LogP contribution >= 0.6 is 0 Å². The smallest absolute Gasteiger partial charge is 0.244 e. The lowest BCUT2D eigenvalue weighted by atomic mass is 10.1. The van der Waals surface area contributed by atoms with Gasteiger partial charge in [0.1, 0.15) is 12.6 Å². The number of carbonyl (C=O) groups excluding carboxylic acids is 2. The van der Waals surface area contributed by atoms with Crippen LogP contribution in [-0.2, 0) is 26.2 Å². The van der Waals surface area contributed by atoms with Crippen LogP contribution in [-0.4, -0.2) is 50.5 Å². The fourth-order valence-electron chi connectivity index (χ4n) is 3.41. The van der Waals surface area contributed by atoms with Gasteiger partial charge in [0.15, 0.2) is 0 Å². The summed E-state index contributed by atoms with van der Waals surface area (Å²) in [5.41, 5.74) is 3.25. The number of sulfonamides is 1. The molecule has 2 aromatic carbocycles. The van der Waals surface area contributed by atoms with Crippen molar-refractivity contribution < 1.29 is 18.0 Å². The predicted molar refractivity (Wildman–Crippen MR) is 132 cm³/mol. The standard InChI is InChI=1S/C25H35N3O4S/c1-6-7-15-26-25(30)21(4)27(17-22-13-11-19(2)12-14-22)24(29)18-28(33(5,31)32)23-10-8-9-20(3)16-23/h8-14,16,21H,6-7,15,17-18H2,1-5H3,(H,26,30)/t21-/m1/s1. The van der Waals surface area contributed by atoms with Crippen molar-refractivity contribution in [3.05, 3.63) is 65.2 Å². The number of benzene rings is 2. The Morgan fingerprint density at radius 2 is 1.70 bits per heavy atom. The van der Waals surface area contributed by atoms with E-state index in [4.69, 9.17) is 0 Å². The van der Waals surface area contributed by atoms with Crippen LogP contribution in [0.25, 0.3) is 0 Å². The van der Waals surface area contributed by atoms with Crippen molar-refractivity contribution in [2.24, 2.45) is 0 Å². The molecule has 180 valence electrons. The van der Waals surface area contributed by atoms with Gasteiger partial charge in [-0.05, 0) is 50.5 Å². The quantitative estimate of drug-likeness (QED) is 0.507. The molecule has 2 amide bonds. The fourth-order valence-corrected chi connectivity index (χ4v) is 4.25. The minimum Gasteiger partial charge on any atom is -0.354 e. The summed E-state index contributed by atoms with van der Waals surface area (Å²) < 4.78 is 26.2. The molecule has 0 aliphatic heterocycles. The monoisotopic (exact) mass is 473 g/mol. The summed E-state index contributed by atoms with van der Waals surface area (Å²) in [6.07, 6.45) is 2.87. The van der Waals surface area contributed by atoms with Gasteiger partial charge in [-0.3, -0.25) is 13.9 Å². The molecule has 0 unspecified atom stereocenters. The number of anilines is 1. The van der Waals surface area contributed by atoms with Crippen LogP contribution < -0.4 is 9.62 Å². The number of hydrogen-bond acceptors (Lipinski definition) is 4. The molecule has 0 radical (unpaired) electrons. The maximum atomic E-state index is 13.4. The predicted octanol–water partition coefficient (Wildman–Crippen LogP) is 3.40. The third-order valence-corrected chi connectivity index (χ3v) is 6.58. The Bertz CT molecular complexity index is 1050. The molecule has 0 aromatic heterocycles. The molecule has 0 saturated heterocycles. The lowest BCUT2D eigenvalue weighted by molar-refractivity contribution is -0.139. The van der Waals surface area contributed by atoms with Crippen molar-refractivity contribution in [1.29, 1.82) is 0 Å². The average Bonchev–Trinajstić information content (AvgIpc) is 2.75. The molecule has 1 atom stereocenters. The SMILES string of the molecule is CCCCNC(=O)[C@@H](C)N(Cc1ccc(C)cc1)C(=O)CN(c1cccc(C)c1)S(C)(=O)=O. The Hall–Kier alpha value is -2.87. The molecule has 0 fully saturated rings. The zero-order valence-corrected chi connectivity index (χ0v) is 21.0. The summed E-state index contributed by atoms with van der Waals surface area (Å²) in [7, 11) is -3.72. The number of carbonyl (C=O) groups is 2. The summed E-state index contributed by atoms with van der Waals surface area (Å²) in [6, 6.07) is 13.9. The minimum absolute atomic E-state index is 0.201. The Balaban J connectivity index is 2.33. The third kappa shape index (κ3) is 7.89. The van der Waals surface area contributed by atoms with Gasteiger partial charge in [0.25, 0.3) is 0 Å². The maximum absolute atomic E-state index is 13.4. The molecule has 1 N–H and O–H groups in total. The van der Waals surface area contributed by atoms with Crippen LogP contribution in [0.5, 0.6) is 0 Å². The van der Waals surface area contributed by atoms with Gasteiger partial charge in [0.2, 0.25) is 21.8 Å². The van der Waals surface area contributed by atoms with E-state index in [0.29, 0.717) is 12.2 Å². The number of amides is 2. The zero-order valence-electron chi connectivity index (χ0n) is 20.2. The minimum atomic E-state index is -3.72. The van der Waals surface area contributed by atoms with E-state index in [1.54, 1.807) is 25.1 Å².